The van der Waals surface area contributed by atoms with Gasteiger partial charge in [0.2, 0.25) is 0 Å². The van der Waals surface area contributed by atoms with Crippen molar-refractivity contribution in [1.82, 2.24) is 0 Å². The van der Waals surface area contributed by atoms with Crippen molar-refractivity contribution < 1.29 is 14.3 Å². The van der Waals surface area contributed by atoms with Crippen molar-refractivity contribution in [1.29, 1.82) is 5.26 Å². The summed E-state index contributed by atoms with van der Waals surface area (Å²) in [5.74, 6) is -0.839. The number of carbonyl (C=O) groups excluding carboxylic acids is 2. The Balaban J connectivity index is 1.77. The molecule has 26 heavy (non-hydrogen) atoms. The molecular weight excluding hydrogens is 348 g/mol. The number of amides is 1. The maximum absolute atomic E-state index is 12.0. The number of nitriles is 1. The van der Waals surface area contributed by atoms with Crippen LogP contribution in [0.3, 0.4) is 0 Å². The highest BCUT2D eigenvalue weighted by Crippen LogP contribution is 2.24. The topological polar surface area (TPSA) is 79.2 Å². The summed E-state index contributed by atoms with van der Waals surface area (Å²) < 4.78 is 5.08. The molecule has 0 spiro atoms. The Morgan fingerprint density at radius 1 is 1.15 bits per heavy atom. The molecule has 0 saturated carbocycles. The molecule has 2 aromatic carbocycles. The van der Waals surface area contributed by atoms with E-state index >= 15 is 0 Å². The first-order chi connectivity index (χ1) is 12.5. The number of benzene rings is 2. The van der Waals surface area contributed by atoms with E-state index in [2.05, 4.69) is 11.4 Å². The summed E-state index contributed by atoms with van der Waals surface area (Å²) in [5, 5.41) is 10.9. The average Bonchev–Trinajstić information content (AvgIpc) is 2.63. The Hall–Kier alpha value is -2.78. The summed E-state index contributed by atoms with van der Waals surface area (Å²) in [6.45, 7) is 3.41. The zero-order chi connectivity index (χ0) is 18.9. The van der Waals surface area contributed by atoms with E-state index in [0.29, 0.717) is 12.1 Å². The second kappa shape index (κ2) is 9.64. The number of nitrogens with zero attached hydrogens (tertiary/aromatic N) is 1. The number of esters is 1. The maximum Gasteiger partial charge on any atom is 0.319 e. The van der Waals surface area contributed by atoms with Gasteiger partial charge < -0.3 is 10.1 Å². The van der Waals surface area contributed by atoms with Crippen LogP contribution in [-0.4, -0.2) is 23.7 Å². The van der Waals surface area contributed by atoms with Crippen molar-refractivity contribution >= 4 is 29.3 Å². The molecule has 6 heteroatoms. The summed E-state index contributed by atoms with van der Waals surface area (Å²) in [6, 6.07) is 16.9. The van der Waals surface area contributed by atoms with Crippen LogP contribution in [0.15, 0.2) is 53.4 Å². The second-order valence-corrected chi connectivity index (χ2v) is 7.18. The number of thioether (sulfide) groups is 1. The number of aryl methyl sites for hydroxylation is 1. The van der Waals surface area contributed by atoms with Crippen LogP contribution >= 0.6 is 11.8 Å². The minimum atomic E-state index is -0.435. The van der Waals surface area contributed by atoms with E-state index in [1.165, 1.54) is 11.8 Å². The van der Waals surface area contributed by atoms with Crippen LogP contribution in [0.2, 0.25) is 0 Å². The standard InChI is InChI=1S/C20H20N2O3S/c1-14-3-9-18(10-4-14)26-15(2)20(24)25-13-19(23)22-17-7-5-16(6-8-17)11-12-21/h3-10,15H,11,13H2,1-2H3,(H,22,23)/t15-/m1/s1. The molecule has 5 nitrogen and oxygen atoms in total. The van der Waals surface area contributed by atoms with Gasteiger partial charge in [0.05, 0.1) is 12.5 Å². The van der Waals surface area contributed by atoms with E-state index < -0.39 is 17.1 Å². The lowest BCUT2D eigenvalue weighted by Gasteiger charge is -2.11. The van der Waals surface area contributed by atoms with Gasteiger partial charge in [0, 0.05) is 10.6 Å². The molecular formula is C20H20N2O3S. The number of ether oxygens (including phenoxy) is 1. The molecule has 0 unspecified atom stereocenters. The van der Waals surface area contributed by atoms with Crippen molar-refractivity contribution in [3.8, 4) is 6.07 Å². The van der Waals surface area contributed by atoms with Gasteiger partial charge in [-0.15, -0.1) is 11.8 Å². The number of hydrogen-bond donors (Lipinski definition) is 1. The van der Waals surface area contributed by atoms with Crippen LogP contribution in [0.1, 0.15) is 18.1 Å². The summed E-state index contributed by atoms with van der Waals surface area (Å²) in [7, 11) is 0. The van der Waals surface area contributed by atoms with E-state index in [1.807, 2.05) is 31.2 Å². The highest BCUT2D eigenvalue weighted by molar-refractivity contribution is 8.00. The molecule has 0 aliphatic carbocycles. The number of nitrogens with one attached hydrogen (secondary N) is 1. The zero-order valence-electron chi connectivity index (χ0n) is 14.7. The largest absolute Gasteiger partial charge is 0.455 e. The zero-order valence-corrected chi connectivity index (χ0v) is 15.5. The van der Waals surface area contributed by atoms with Gasteiger partial charge >= 0.3 is 5.97 Å². The molecule has 2 rings (SSSR count). The van der Waals surface area contributed by atoms with Crippen molar-refractivity contribution in [2.75, 3.05) is 11.9 Å². The number of hydrogen-bond acceptors (Lipinski definition) is 5. The van der Waals surface area contributed by atoms with Crippen molar-refractivity contribution in [2.24, 2.45) is 0 Å². The Morgan fingerprint density at radius 3 is 2.42 bits per heavy atom. The van der Waals surface area contributed by atoms with Crippen LogP contribution < -0.4 is 5.32 Å². The Kier molecular flexibility index (Phi) is 7.24. The number of anilines is 1. The van der Waals surface area contributed by atoms with Crippen LogP contribution in [0.25, 0.3) is 0 Å². The molecule has 0 fully saturated rings. The minimum absolute atomic E-state index is 0.322. The number of carbonyl (C=O) groups is 2. The molecule has 1 N–H and O–H groups in total. The van der Waals surface area contributed by atoms with Gasteiger partial charge in [0.25, 0.3) is 5.91 Å². The fourth-order valence-electron chi connectivity index (χ4n) is 2.12. The van der Waals surface area contributed by atoms with E-state index in [4.69, 9.17) is 10.00 Å². The van der Waals surface area contributed by atoms with Gasteiger partial charge in [-0.3, -0.25) is 9.59 Å². The van der Waals surface area contributed by atoms with Gasteiger partial charge in [-0.2, -0.15) is 5.26 Å². The first-order valence-electron chi connectivity index (χ1n) is 8.13. The Morgan fingerprint density at radius 2 is 1.81 bits per heavy atom. The molecule has 0 saturated heterocycles. The monoisotopic (exact) mass is 368 g/mol. The van der Waals surface area contributed by atoms with E-state index in [9.17, 15) is 9.59 Å². The van der Waals surface area contributed by atoms with Gasteiger partial charge in [0.15, 0.2) is 6.61 Å². The fourth-order valence-corrected chi connectivity index (χ4v) is 2.98. The second-order valence-electron chi connectivity index (χ2n) is 5.76. The first kappa shape index (κ1) is 19.5. The van der Waals surface area contributed by atoms with Gasteiger partial charge in [-0.1, -0.05) is 29.8 Å². The summed E-state index contributed by atoms with van der Waals surface area (Å²) >= 11 is 1.39. The third-order valence-electron chi connectivity index (χ3n) is 3.53. The molecule has 1 atom stereocenters. The fraction of sp³-hybridized carbons (Fsp3) is 0.250. The molecule has 0 aromatic heterocycles. The van der Waals surface area contributed by atoms with Crippen LogP contribution in [0, 0.1) is 18.3 Å². The number of rotatable bonds is 7. The third-order valence-corrected chi connectivity index (χ3v) is 4.62. The summed E-state index contributed by atoms with van der Waals surface area (Å²) in [6.07, 6.45) is 0.322. The molecule has 134 valence electrons. The Bertz CT molecular complexity index is 795. The summed E-state index contributed by atoms with van der Waals surface area (Å²) in [5.41, 5.74) is 2.62. The lowest BCUT2D eigenvalue weighted by molar-refractivity contribution is -0.146. The Labute approximate surface area is 157 Å². The molecule has 0 heterocycles. The predicted octanol–water partition coefficient (Wildman–Crippen LogP) is 3.72. The van der Waals surface area contributed by atoms with Gasteiger partial charge in [0.1, 0.15) is 5.25 Å². The van der Waals surface area contributed by atoms with Crippen molar-refractivity contribution in [3.63, 3.8) is 0 Å². The third kappa shape index (κ3) is 6.26. The average molecular weight is 368 g/mol. The first-order valence-corrected chi connectivity index (χ1v) is 9.01. The highest BCUT2D eigenvalue weighted by atomic mass is 32.2. The van der Waals surface area contributed by atoms with Crippen LogP contribution in [0.4, 0.5) is 5.69 Å². The lowest BCUT2D eigenvalue weighted by atomic mass is 10.1. The maximum atomic E-state index is 12.0. The van der Waals surface area contributed by atoms with E-state index in [1.54, 1.807) is 31.2 Å². The lowest BCUT2D eigenvalue weighted by Crippen LogP contribution is -2.24. The SMILES string of the molecule is Cc1ccc(S[C@H](C)C(=O)OCC(=O)Nc2ccc(CC#N)cc2)cc1. The molecule has 1 amide bonds. The minimum Gasteiger partial charge on any atom is -0.455 e. The smallest absolute Gasteiger partial charge is 0.319 e. The quantitative estimate of drug-likeness (QED) is 0.595. The van der Waals surface area contributed by atoms with Gasteiger partial charge in [-0.05, 0) is 43.7 Å². The van der Waals surface area contributed by atoms with Crippen molar-refractivity contribution in [2.45, 2.75) is 30.4 Å². The normalized spacial score (nSPS) is 11.3. The van der Waals surface area contributed by atoms with Crippen LogP contribution in [-0.2, 0) is 20.7 Å². The predicted molar refractivity (Wildman–Crippen MR) is 102 cm³/mol. The summed E-state index contributed by atoms with van der Waals surface area (Å²) in [4.78, 5) is 24.9. The van der Waals surface area contributed by atoms with Crippen LogP contribution in [0.5, 0.6) is 0 Å². The van der Waals surface area contributed by atoms with Gasteiger partial charge in [-0.25, -0.2) is 0 Å². The molecule has 0 aliphatic heterocycles. The molecule has 0 bridgehead atoms. The molecule has 2 aromatic rings. The van der Waals surface area contributed by atoms with E-state index in [0.717, 1.165) is 16.0 Å². The molecule has 0 radical (unpaired) electrons. The van der Waals surface area contributed by atoms with E-state index in [-0.39, 0.29) is 6.61 Å². The highest BCUT2D eigenvalue weighted by Gasteiger charge is 2.17. The van der Waals surface area contributed by atoms with Crippen molar-refractivity contribution in [3.05, 3.63) is 59.7 Å². The molecule has 0 aliphatic rings.